The molecule has 2 rings (SSSR count). The third kappa shape index (κ3) is 4.94. The summed E-state index contributed by atoms with van der Waals surface area (Å²) in [5.41, 5.74) is 3.22. The van der Waals surface area contributed by atoms with Gasteiger partial charge in [-0.25, -0.2) is 9.87 Å². The Balaban J connectivity index is 2.55. The predicted octanol–water partition coefficient (Wildman–Crippen LogP) is 4.42. The van der Waals surface area contributed by atoms with Crippen LogP contribution in [-0.4, -0.2) is 31.3 Å². The van der Waals surface area contributed by atoms with E-state index in [0.717, 1.165) is 0 Å². The average Bonchev–Trinajstić information content (AvgIpc) is 2.67. The average molecular weight is 428 g/mol. The number of anilines is 3. The second-order valence-corrected chi connectivity index (χ2v) is 6.65. The maximum atomic E-state index is 15.2. The highest BCUT2D eigenvalue weighted by Crippen LogP contribution is 2.35. The van der Waals surface area contributed by atoms with Gasteiger partial charge in [0.15, 0.2) is 5.82 Å². The van der Waals surface area contributed by atoms with Crippen molar-refractivity contribution in [3.63, 3.8) is 0 Å². The largest absolute Gasteiger partial charge is 0.394 e. The molecule has 0 aliphatic rings. The highest BCUT2D eigenvalue weighted by Gasteiger charge is 2.22. The smallest absolute Gasteiger partial charge is 0.277 e. The summed E-state index contributed by atoms with van der Waals surface area (Å²) in [6, 6.07) is 6.17. The first-order valence-corrected chi connectivity index (χ1v) is 8.99. The van der Waals surface area contributed by atoms with Crippen molar-refractivity contribution in [3.8, 4) is 0 Å². The summed E-state index contributed by atoms with van der Waals surface area (Å²) in [6.07, 6.45) is 1.49. The lowest BCUT2D eigenvalue weighted by Gasteiger charge is -2.22. The highest BCUT2D eigenvalue weighted by molar-refractivity contribution is 6.36. The van der Waals surface area contributed by atoms with E-state index in [-0.39, 0.29) is 29.5 Å². The molecule has 2 aromatic carbocycles. The fourth-order valence-corrected chi connectivity index (χ4v) is 2.90. The maximum Gasteiger partial charge on any atom is 0.277 e. The van der Waals surface area contributed by atoms with Crippen LogP contribution in [0.4, 0.5) is 21.5 Å². The van der Waals surface area contributed by atoms with Crippen LogP contribution in [0.5, 0.6) is 0 Å². The zero-order valence-corrected chi connectivity index (χ0v) is 16.9. The maximum absolute atomic E-state index is 15.2. The topological polar surface area (TPSA) is 73.8 Å². The van der Waals surface area contributed by atoms with Crippen molar-refractivity contribution in [2.45, 2.75) is 6.92 Å². The molecule has 0 aliphatic heterocycles. The van der Waals surface area contributed by atoms with Crippen molar-refractivity contribution in [2.75, 3.05) is 30.5 Å². The first-order valence-electron chi connectivity index (χ1n) is 8.23. The zero-order valence-electron chi connectivity index (χ0n) is 15.4. The van der Waals surface area contributed by atoms with Crippen molar-refractivity contribution < 1.29 is 19.1 Å². The SMILES string of the molecule is C=CN(C)c1cc(C(=O)NOCCO)c(Nc2ccc(Cl)cc2Cl)c(F)c1C. The summed E-state index contributed by atoms with van der Waals surface area (Å²) in [5, 5.41) is 12.3. The van der Waals surface area contributed by atoms with E-state index in [1.807, 2.05) is 0 Å². The van der Waals surface area contributed by atoms with E-state index in [1.54, 1.807) is 31.0 Å². The van der Waals surface area contributed by atoms with Crippen LogP contribution in [0.2, 0.25) is 10.0 Å². The van der Waals surface area contributed by atoms with Gasteiger partial charge in [0.2, 0.25) is 0 Å². The number of aliphatic hydroxyl groups excluding tert-OH is 1. The molecule has 3 N–H and O–H groups in total. The Morgan fingerprint density at radius 3 is 2.71 bits per heavy atom. The molecule has 0 saturated heterocycles. The van der Waals surface area contributed by atoms with Gasteiger partial charge >= 0.3 is 0 Å². The number of rotatable bonds is 8. The van der Waals surface area contributed by atoms with Crippen molar-refractivity contribution >= 4 is 46.2 Å². The molecule has 0 atom stereocenters. The lowest BCUT2D eigenvalue weighted by molar-refractivity contribution is 0.0169. The van der Waals surface area contributed by atoms with Crippen molar-refractivity contribution in [1.82, 2.24) is 5.48 Å². The molecule has 28 heavy (non-hydrogen) atoms. The van der Waals surface area contributed by atoms with Gasteiger partial charge < -0.3 is 15.3 Å². The summed E-state index contributed by atoms with van der Waals surface area (Å²) in [5.74, 6) is -1.33. The van der Waals surface area contributed by atoms with Gasteiger partial charge in [0.25, 0.3) is 5.91 Å². The number of hydrogen-bond donors (Lipinski definition) is 3. The van der Waals surface area contributed by atoms with Gasteiger partial charge in [-0.05, 0) is 37.4 Å². The van der Waals surface area contributed by atoms with Crippen molar-refractivity contribution in [2.24, 2.45) is 0 Å². The van der Waals surface area contributed by atoms with Crippen LogP contribution < -0.4 is 15.7 Å². The molecule has 0 spiro atoms. The lowest BCUT2D eigenvalue weighted by Crippen LogP contribution is -2.27. The van der Waals surface area contributed by atoms with E-state index >= 15 is 4.39 Å². The molecule has 6 nitrogen and oxygen atoms in total. The molecule has 0 radical (unpaired) electrons. The minimum atomic E-state index is -0.696. The second kappa shape index (κ2) is 9.75. The molecule has 0 unspecified atom stereocenters. The summed E-state index contributed by atoms with van der Waals surface area (Å²) in [7, 11) is 1.68. The Morgan fingerprint density at radius 2 is 2.11 bits per heavy atom. The number of hydrogen-bond acceptors (Lipinski definition) is 5. The molecule has 0 aliphatic carbocycles. The molecule has 0 heterocycles. The first-order chi connectivity index (χ1) is 13.3. The van der Waals surface area contributed by atoms with Gasteiger partial charge in [0.1, 0.15) is 0 Å². The van der Waals surface area contributed by atoms with Crippen LogP contribution >= 0.6 is 23.2 Å². The number of halogens is 3. The third-order valence-corrected chi connectivity index (χ3v) is 4.48. The van der Waals surface area contributed by atoms with Crippen LogP contribution in [0.25, 0.3) is 0 Å². The zero-order chi connectivity index (χ0) is 20.8. The quantitative estimate of drug-likeness (QED) is 0.429. The number of aliphatic hydroxyl groups is 1. The molecule has 150 valence electrons. The number of carbonyl (C=O) groups is 1. The first kappa shape index (κ1) is 22.0. The predicted molar refractivity (Wildman–Crippen MR) is 110 cm³/mol. The summed E-state index contributed by atoms with van der Waals surface area (Å²) in [6.45, 7) is 4.86. The van der Waals surface area contributed by atoms with Gasteiger partial charge in [-0.1, -0.05) is 29.8 Å². The Bertz CT molecular complexity index is 893. The monoisotopic (exact) mass is 427 g/mol. The van der Waals surface area contributed by atoms with E-state index in [2.05, 4.69) is 17.4 Å². The fourth-order valence-electron chi connectivity index (χ4n) is 2.44. The van der Waals surface area contributed by atoms with Crippen molar-refractivity contribution in [3.05, 3.63) is 64.0 Å². The molecular formula is C19H20Cl2FN3O3. The third-order valence-electron chi connectivity index (χ3n) is 3.93. The fraction of sp³-hybridized carbons (Fsp3) is 0.211. The Labute approximate surface area is 172 Å². The van der Waals surface area contributed by atoms with Crippen LogP contribution in [0.1, 0.15) is 15.9 Å². The van der Waals surface area contributed by atoms with Gasteiger partial charge in [-0.2, -0.15) is 0 Å². The highest BCUT2D eigenvalue weighted by atomic mass is 35.5. The van der Waals surface area contributed by atoms with Crippen LogP contribution in [0.3, 0.4) is 0 Å². The van der Waals surface area contributed by atoms with E-state index in [0.29, 0.717) is 22.0 Å². The number of hydroxylamine groups is 1. The molecule has 1 amide bonds. The van der Waals surface area contributed by atoms with Gasteiger partial charge in [-0.3, -0.25) is 9.63 Å². The van der Waals surface area contributed by atoms with E-state index in [4.69, 9.17) is 33.1 Å². The number of nitrogens with zero attached hydrogens (tertiary/aromatic N) is 1. The minimum absolute atomic E-state index is 0.0178. The van der Waals surface area contributed by atoms with Crippen LogP contribution in [0.15, 0.2) is 37.0 Å². The van der Waals surface area contributed by atoms with Gasteiger partial charge in [-0.15, -0.1) is 0 Å². The summed E-state index contributed by atoms with van der Waals surface area (Å²) < 4.78 is 15.2. The van der Waals surface area contributed by atoms with E-state index in [9.17, 15) is 4.79 Å². The van der Waals surface area contributed by atoms with Gasteiger partial charge in [0, 0.05) is 23.3 Å². The molecule has 0 saturated carbocycles. The standard InChI is InChI=1S/C19H20Cl2FN3O3/c1-4-25(3)16-10-13(19(27)24-28-8-7-26)18(17(22)11(16)2)23-15-6-5-12(20)9-14(15)21/h4-6,9-10,23,26H,1,7-8H2,2-3H3,(H,24,27). The number of carbonyl (C=O) groups excluding carboxylic acids is 1. The Hall–Kier alpha value is -2.32. The van der Waals surface area contributed by atoms with E-state index < -0.39 is 11.7 Å². The number of nitrogens with one attached hydrogen (secondary N) is 2. The number of amides is 1. The molecule has 0 fully saturated rings. The normalized spacial score (nSPS) is 10.5. The molecule has 9 heteroatoms. The molecule has 2 aromatic rings. The van der Waals surface area contributed by atoms with E-state index in [1.165, 1.54) is 18.3 Å². The second-order valence-electron chi connectivity index (χ2n) is 5.80. The summed E-state index contributed by atoms with van der Waals surface area (Å²) >= 11 is 12.1. The van der Waals surface area contributed by atoms with Crippen LogP contribution in [0, 0.1) is 12.7 Å². The van der Waals surface area contributed by atoms with Crippen LogP contribution in [-0.2, 0) is 4.84 Å². The molecule has 0 aromatic heterocycles. The van der Waals surface area contributed by atoms with Gasteiger partial charge in [0.05, 0.1) is 35.2 Å². The summed E-state index contributed by atoms with van der Waals surface area (Å²) in [4.78, 5) is 19.0. The Morgan fingerprint density at radius 1 is 1.39 bits per heavy atom. The number of benzene rings is 2. The van der Waals surface area contributed by atoms with Crippen molar-refractivity contribution in [1.29, 1.82) is 0 Å². The minimum Gasteiger partial charge on any atom is -0.394 e. The Kier molecular flexibility index (Phi) is 7.65. The molecular weight excluding hydrogens is 408 g/mol. The molecule has 0 bridgehead atoms. The lowest BCUT2D eigenvalue weighted by atomic mass is 10.0.